The van der Waals surface area contributed by atoms with Crippen molar-refractivity contribution in [3.05, 3.63) is 0 Å². The van der Waals surface area contributed by atoms with E-state index in [0.29, 0.717) is 0 Å². The van der Waals surface area contributed by atoms with Crippen LogP contribution in [-0.4, -0.2) is 6.29 Å². The third kappa shape index (κ3) is 7.77. The predicted molar refractivity (Wildman–Crippen MR) is 53.2 cm³/mol. The van der Waals surface area contributed by atoms with Crippen molar-refractivity contribution in [2.45, 2.75) is 52.9 Å². The van der Waals surface area contributed by atoms with Crippen LogP contribution in [0.3, 0.4) is 0 Å². The fourth-order valence-electron chi connectivity index (χ4n) is 1.26. The van der Waals surface area contributed by atoms with Gasteiger partial charge in [0.1, 0.15) is 6.29 Å². The first-order valence-electron chi connectivity index (χ1n) is 5.12. The molecule has 0 bridgehead atoms. The monoisotopic (exact) mass is 170 g/mol. The molecule has 0 fully saturated rings. The summed E-state index contributed by atoms with van der Waals surface area (Å²) in [7, 11) is 0. The first kappa shape index (κ1) is 11.7. The SMILES string of the molecule is CC(C)CCCCCC(C)C=O. The van der Waals surface area contributed by atoms with E-state index in [1.54, 1.807) is 0 Å². The third-order valence-electron chi connectivity index (χ3n) is 2.17. The van der Waals surface area contributed by atoms with Gasteiger partial charge in [0.2, 0.25) is 0 Å². The molecule has 0 saturated heterocycles. The molecule has 0 N–H and O–H groups in total. The summed E-state index contributed by atoms with van der Waals surface area (Å²) >= 11 is 0. The largest absolute Gasteiger partial charge is 0.303 e. The van der Waals surface area contributed by atoms with Gasteiger partial charge in [0, 0.05) is 5.92 Å². The zero-order valence-corrected chi connectivity index (χ0v) is 8.68. The van der Waals surface area contributed by atoms with Gasteiger partial charge in [-0.1, -0.05) is 46.5 Å². The van der Waals surface area contributed by atoms with Crippen molar-refractivity contribution < 1.29 is 4.79 Å². The van der Waals surface area contributed by atoms with Gasteiger partial charge in [-0.15, -0.1) is 0 Å². The van der Waals surface area contributed by atoms with Crippen molar-refractivity contribution in [3.63, 3.8) is 0 Å². The molecule has 0 aromatic heterocycles. The summed E-state index contributed by atoms with van der Waals surface area (Å²) in [6.45, 7) is 6.51. The van der Waals surface area contributed by atoms with Gasteiger partial charge in [0.15, 0.2) is 0 Å². The van der Waals surface area contributed by atoms with Crippen LogP contribution < -0.4 is 0 Å². The van der Waals surface area contributed by atoms with E-state index < -0.39 is 0 Å². The summed E-state index contributed by atoms with van der Waals surface area (Å²) in [4.78, 5) is 10.3. The van der Waals surface area contributed by atoms with Crippen LogP contribution in [0, 0.1) is 11.8 Å². The lowest BCUT2D eigenvalue weighted by Crippen LogP contribution is -1.95. The molecule has 12 heavy (non-hydrogen) atoms. The Morgan fingerprint density at radius 2 is 1.58 bits per heavy atom. The summed E-state index contributed by atoms with van der Waals surface area (Å²) in [5.41, 5.74) is 0. The van der Waals surface area contributed by atoms with Gasteiger partial charge in [-0.2, -0.15) is 0 Å². The Hall–Kier alpha value is -0.330. The highest BCUT2D eigenvalue weighted by Crippen LogP contribution is 2.11. The van der Waals surface area contributed by atoms with E-state index in [2.05, 4.69) is 13.8 Å². The molecule has 0 amide bonds. The Morgan fingerprint density at radius 3 is 2.08 bits per heavy atom. The zero-order chi connectivity index (χ0) is 9.40. The molecule has 1 heteroatoms. The molecule has 0 spiro atoms. The van der Waals surface area contributed by atoms with Crippen LogP contribution in [0.1, 0.15) is 52.9 Å². The lowest BCUT2D eigenvalue weighted by atomic mass is 10.0. The van der Waals surface area contributed by atoms with Gasteiger partial charge in [-0.3, -0.25) is 0 Å². The Kier molecular flexibility index (Phi) is 7.12. The molecule has 0 aliphatic carbocycles. The van der Waals surface area contributed by atoms with Crippen molar-refractivity contribution in [2.75, 3.05) is 0 Å². The molecule has 0 aromatic carbocycles. The lowest BCUT2D eigenvalue weighted by Gasteiger charge is -2.05. The van der Waals surface area contributed by atoms with Crippen LogP contribution in [0.15, 0.2) is 0 Å². The van der Waals surface area contributed by atoms with Crippen LogP contribution >= 0.6 is 0 Å². The molecule has 0 aliphatic rings. The molecule has 0 aromatic rings. The van der Waals surface area contributed by atoms with E-state index >= 15 is 0 Å². The predicted octanol–water partition coefficient (Wildman–Crippen LogP) is 3.43. The lowest BCUT2D eigenvalue weighted by molar-refractivity contribution is -0.110. The van der Waals surface area contributed by atoms with Crippen LogP contribution in [0.4, 0.5) is 0 Å². The minimum Gasteiger partial charge on any atom is -0.303 e. The van der Waals surface area contributed by atoms with E-state index in [9.17, 15) is 4.79 Å². The number of aldehydes is 1. The molecule has 1 atom stereocenters. The quantitative estimate of drug-likeness (QED) is 0.422. The summed E-state index contributed by atoms with van der Waals surface area (Å²) < 4.78 is 0. The highest BCUT2D eigenvalue weighted by molar-refractivity contribution is 5.52. The smallest absolute Gasteiger partial charge is 0.122 e. The van der Waals surface area contributed by atoms with Crippen LogP contribution in [0.25, 0.3) is 0 Å². The second kappa shape index (κ2) is 7.33. The van der Waals surface area contributed by atoms with Gasteiger partial charge in [0.25, 0.3) is 0 Å². The van der Waals surface area contributed by atoms with Crippen molar-refractivity contribution in [1.29, 1.82) is 0 Å². The fourth-order valence-corrected chi connectivity index (χ4v) is 1.26. The van der Waals surface area contributed by atoms with Crippen LogP contribution in [0.5, 0.6) is 0 Å². The topological polar surface area (TPSA) is 17.1 Å². The Morgan fingerprint density at radius 1 is 1.00 bits per heavy atom. The van der Waals surface area contributed by atoms with Crippen LogP contribution in [0.2, 0.25) is 0 Å². The number of unbranched alkanes of at least 4 members (excludes halogenated alkanes) is 2. The molecule has 0 aliphatic heterocycles. The minimum absolute atomic E-state index is 0.268. The Balaban J connectivity index is 3.05. The summed E-state index contributed by atoms with van der Waals surface area (Å²) in [6.07, 6.45) is 7.28. The second-order valence-electron chi connectivity index (χ2n) is 4.15. The highest BCUT2D eigenvalue weighted by atomic mass is 16.1. The average molecular weight is 170 g/mol. The Labute approximate surface area is 76.6 Å². The van der Waals surface area contributed by atoms with Crippen molar-refractivity contribution in [2.24, 2.45) is 11.8 Å². The van der Waals surface area contributed by atoms with Crippen molar-refractivity contribution in [3.8, 4) is 0 Å². The number of hydrogen-bond donors (Lipinski definition) is 0. The molecule has 1 nitrogen and oxygen atoms in total. The summed E-state index contributed by atoms with van der Waals surface area (Å²) in [5, 5.41) is 0. The standard InChI is InChI=1S/C11H22O/c1-10(2)7-5-4-6-8-11(3)9-12/h9-11H,4-8H2,1-3H3. The molecule has 72 valence electrons. The van der Waals surface area contributed by atoms with E-state index in [-0.39, 0.29) is 5.92 Å². The molecular formula is C11H22O. The minimum atomic E-state index is 0.268. The van der Waals surface area contributed by atoms with Gasteiger partial charge >= 0.3 is 0 Å². The van der Waals surface area contributed by atoms with Crippen LogP contribution in [-0.2, 0) is 4.79 Å². The van der Waals surface area contributed by atoms with Gasteiger partial charge in [0.05, 0.1) is 0 Å². The fraction of sp³-hybridized carbons (Fsp3) is 0.909. The molecule has 0 saturated carbocycles. The second-order valence-corrected chi connectivity index (χ2v) is 4.15. The van der Waals surface area contributed by atoms with Crippen molar-refractivity contribution >= 4 is 6.29 Å². The number of rotatable bonds is 7. The van der Waals surface area contributed by atoms with Crippen molar-refractivity contribution in [1.82, 2.24) is 0 Å². The normalized spacial score (nSPS) is 13.3. The maximum absolute atomic E-state index is 10.3. The van der Waals surface area contributed by atoms with Gasteiger partial charge in [-0.25, -0.2) is 0 Å². The molecule has 0 radical (unpaired) electrons. The molecule has 0 rings (SSSR count). The third-order valence-corrected chi connectivity index (χ3v) is 2.17. The van der Waals surface area contributed by atoms with E-state index in [0.717, 1.165) is 18.6 Å². The van der Waals surface area contributed by atoms with Gasteiger partial charge in [-0.05, 0) is 12.3 Å². The highest BCUT2D eigenvalue weighted by Gasteiger charge is 1.99. The van der Waals surface area contributed by atoms with E-state index in [1.807, 2.05) is 6.92 Å². The zero-order valence-electron chi connectivity index (χ0n) is 8.68. The average Bonchev–Trinajstić information content (AvgIpc) is 2.03. The maximum Gasteiger partial charge on any atom is 0.122 e. The van der Waals surface area contributed by atoms with Gasteiger partial charge < -0.3 is 4.79 Å². The first-order chi connectivity index (χ1) is 5.66. The molecule has 1 unspecified atom stereocenters. The number of carbonyl (C=O) groups is 1. The maximum atomic E-state index is 10.3. The Bertz CT molecular complexity index is 108. The number of carbonyl (C=O) groups excluding carboxylic acids is 1. The summed E-state index contributed by atoms with van der Waals surface area (Å²) in [5.74, 6) is 1.09. The molecule has 0 heterocycles. The summed E-state index contributed by atoms with van der Waals surface area (Å²) in [6, 6.07) is 0. The molecular weight excluding hydrogens is 148 g/mol. The van der Waals surface area contributed by atoms with E-state index in [4.69, 9.17) is 0 Å². The first-order valence-corrected chi connectivity index (χ1v) is 5.12. The van der Waals surface area contributed by atoms with E-state index in [1.165, 1.54) is 25.7 Å². The number of hydrogen-bond acceptors (Lipinski definition) is 1.